The fraction of sp³-hybridized carbons (Fsp3) is 0.208. The van der Waals surface area contributed by atoms with Crippen LogP contribution in [0, 0.1) is 13.8 Å². The summed E-state index contributed by atoms with van der Waals surface area (Å²) in [4.78, 5) is 4.90. The molecule has 0 saturated carbocycles. The average Bonchev–Trinajstić information content (AvgIpc) is 3.01. The predicted octanol–water partition coefficient (Wildman–Crippen LogP) is 5.32. The first-order valence-electron chi connectivity index (χ1n) is 9.39. The van der Waals surface area contributed by atoms with Crippen molar-refractivity contribution in [3.05, 3.63) is 95.3 Å². The zero-order chi connectivity index (χ0) is 18.6. The van der Waals surface area contributed by atoms with E-state index >= 15 is 0 Å². The topological polar surface area (TPSA) is 27.1 Å². The molecule has 1 heterocycles. The quantitative estimate of drug-likeness (QED) is 0.467. The molecule has 3 heteroatoms. The first-order valence-corrected chi connectivity index (χ1v) is 9.39. The van der Waals surface area contributed by atoms with E-state index in [-0.39, 0.29) is 0 Å². The molecule has 4 rings (SSSR count). The first kappa shape index (κ1) is 17.3. The molecule has 4 aromatic rings. The highest BCUT2D eigenvalue weighted by atomic mass is 16.5. The van der Waals surface area contributed by atoms with Crippen molar-refractivity contribution in [2.24, 2.45) is 0 Å². The second-order valence-electron chi connectivity index (χ2n) is 6.94. The minimum atomic E-state index is 0.616. The fourth-order valence-corrected chi connectivity index (χ4v) is 3.45. The Morgan fingerprint density at radius 1 is 0.889 bits per heavy atom. The van der Waals surface area contributed by atoms with Crippen molar-refractivity contribution in [3.8, 4) is 5.75 Å². The molecule has 0 bridgehead atoms. The molecule has 0 unspecified atom stereocenters. The molecule has 0 amide bonds. The predicted molar refractivity (Wildman–Crippen MR) is 110 cm³/mol. The van der Waals surface area contributed by atoms with E-state index in [0.717, 1.165) is 35.6 Å². The molecule has 0 aliphatic rings. The fourth-order valence-electron chi connectivity index (χ4n) is 3.45. The van der Waals surface area contributed by atoms with Crippen LogP contribution in [0.3, 0.4) is 0 Å². The Labute approximate surface area is 160 Å². The van der Waals surface area contributed by atoms with Crippen LogP contribution in [-0.4, -0.2) is 16.2 Å². The third-order valence-electron chi connectivity index (χ3n) is 4.92. The van der Waals surface area contributed by atoms with Crippen LogP contribution >= 0.6 is 0 Å². The Balaban J connectivity index is 1.59. The van der Waals surface area contributed by atoms with Gasteiger partial charge in [-0.25, -0.2) is 4.98 Å². The number of ether oxygens (including phenoxy) is 1. The highest BCUT2D eigenvalue weighted by Crippen LogP contribution is 2.20. The first-order chi connectivity index (χ1) is 13.2. The maximum atomic E-state index is 5.99. The summed E-state index contributed by atoms with van der Waals surface area (Å²) in [7, 11) is 0. The Hall–Kier alpha value is -3.07. The van der Waals surface area contributed by atoms with Crippen LogP contribution in [0.1, 0.15) is 22.5 Å². The van der Waals surface area contributed by atoms with Gasteiger partial charge in [-0.1, -0.05) is 48.5 Å². The van der Waals surface area contributed by atoms with Crippen LogP contribution in [0.15, 0.2) is 72.8 Å². The van der Waals surface area contributed by atoms with Crippen LogP contribution in [0.2, 0.25) is 0 Å². The molecular weight excluding hydrogens is 332 g/mol. The molecule has 1 aromatic heterocycles. The molecule has 136 valence electrons. The molecule has 0 atom stereocenters. The van der Waals surface area contributed by atoms with Crippen molar-refractivity contribution < 1.29 is 4.74 Å². The Kier molecular flexibility index (Phi) is 4.93. The largest absolute Gasteiger partial charge is 0.492 e. The molecule has 3 nitrogen and oxygen atoms in total. The maximum absolute atomic E-state index is 5.99. The monoisotopic (exact) mass is 356 g/mol. The van der Waals surface area contributed by atoms with Gasteiger partial charge in [-0.05, 0) is 54.8 Å². The lowest BCUT2D eigenvalue weighted by molar-refractivity contribution is 0.298. The minimum absolute atomic E-state index is 0.616. The Bertz CT molecular complexity index is 1060. The van der Waals surface area contributed by atoms with Crippen molar-refractivity contribution in [1.29, 1.82) is 0 Å². The standard InChI is InChI=1S/C24H24N2O/c1-18-8-7-11-21(16-18)27-15-14-26-23-13-6-5-12-22(23)25-24(26)17-20-10-4-3-9-19(20)2/h3-13,16H,14-15,17H2,1-2H3. The number of hydrogen-bond donors (Lipinski definition) is 0. The number of rotatable bonds is 6. The van der Waals surface area contributed by atoms with Crippen LogP contribution in [-0.2, 0) is 13.0 Å². The summed E-state index contributed by atoms with van der Waals surface area (Å²) >= 11 is 0. The minimum Gasteiger partial charge on any atom is -0.492 e. The van der Waals surface area contributed by atoms with Crippen molar-refractivity contribution in [2.45, 2.75) is 26.8 Å². The second kappa shape index (κ2) is 7.67. The molecule has 0 aliphatic carbocycles. The van der Waals surface area contributed by atoms with E-state index in [1.54, 1.807) is 0 Å². The smallest absolute Gasteiger partial charge is 0.119 e. The van der Waals surface area contributed by atoms with Gasteiger partial charge in [-0.3, -0.25) is 0 Å². The molecule has 0 aliphatic heterocycles. The molecule has 0 saturated heterocycles. The van der Waals surface area contributed by atoms with Gasteiger partial charge in [0.2, 0.25) is 0 Å². The molecular formula is C24H24N2O. The zero-order valence-electron chi connectivity index (χ0n) is 15.9. The summed E-state index contributed by atoms with van der Waals surface area (Å²) in [6.07, 6.45) is 0.825. The van der Waals surface area contributed by atoms with E-state index in [0.29, 0.717) is 6.61 Å². The van der Waals surface area contributed by atoms with E-state index < -0.39 is 0 Å². The maximum Gasteiger partial charge on any atom is 0.119 e. The summed E-state index contributed by atoms with van der Waals surface area (Å²) in [6.45, 7) is 5.62. The van der Waals surface area contributed by atoms with Crippen LogP contribution in [0.5, 0.6) is 5.75 Å². The lowest BCUT2D eigenvalue weighted by atomic mass is 10.1. The Morgan fingerprint density at radius 3 is 2.56 bits per heavy atom. The highest BCUT2D eigenvalue weighted by Gasteiger charge is 2.12. The van der Waals surface area contributed by atoms with Gasteiger partial charge >= 0.3 is 0 Å². The summed E-state index contributed by atoms with van der Waals surface area (Å²) in [5.41, 5.74) is 6.02. The number of nitrogens with zero attached hydrogens (tertiary/aromatic N) is 2. The number of para-hydroxylation sites is 2. The average molecular weight is 356 g/mol. The summed E-state index contributed by atoms with van der Waals surface area (Å²) in [5, 5.41) is 0. The van der Waals surface area contributed by atoms with Crippen LogP contribution in [0.4, 0.5) is 0 Å². The van der Waals surface area contributed by atoms with Crippen molar-refractivity contribution in [2.75, 3.05) is 6.61 Å². The summed E-state index contributed by atoms with van der Waals surface area (Å²) < 4.78 is 8.28. The van der Waals surface area contributed by atoms with Gasteiger partial charge in [0, 0.05) is 6.42 Å². The molecule has 3 aromatic carbocycles. The van der Waals surface area contributed by atoms with Gasteiger partial charge in [0.15, 0.2) is 0 Å². The number of aromatic nitrogens is 2. The van der Waals surface area contributed by atoms with E-state index in [1.807, 2.05) is 18.2 Å². The highest BCUT2D eigenvalue weighted by molar-refractivity contribution is 5.76. The molecule has 27 heavy (non-hydrogen) atoms. The van der Waals surface area contributed by atoms with E-state index in [4.69, 9.17) is 9.72 Å². The lowest BCUT2D eigenvalue weighted by Crippen LogP contribution is -2.12. The lowest BCUT2D eigenvalue weighted by Gasteiger charge is -2.12. The van der Waals surface area contributed by atoms with E-state index in [1.165, 1.54) is 16.7 Å². The molecule has 0 N–H and O–H groups in total. The van der Waals surface area contributed by atoms with E-state index in [9.17, 15) is 0 Å². The van der Waals surface area contributed by atoms with Crippen LogP contribution in [0.25, 0.3) is 11.0 Å². The SMILES string of the molecule is Cc1cccc(OCCn2c(Cc3ccccc3C)nc3ccccc32)c1. The number of benzene rings is 3. The van der Waals surface area contributed by atoms with E-state index in [2.05, 4.69) is 73.0 Å². The number of imidazole rings is 1. The van der Waals surface area contributed by atoms with Crippen LogP contribution < -0.4 is 4.74 Å². The zero-order valence-corrected chi connectivity index (χ0v) is 15.9. The second-order valence-corrected chi connectivity index (χ2v) is 6.94. The van der Waals surface area contributed by atoms with Gasteiger partial charge in [-0.2, -0.15) is 0 Å². The number of fused-ring (bicyclic) bond motifs is 1. The third-order valence-corrected chi connectivity index (χ3v) is 4.92. The normalized spacial score (nSPS) is 11.0. The Morgan fingerprint density at radius 2 is 1.70 bits per heavy atom. The molecule has 0 fully saturated rings. The third kappa shape index (κ3) is 3.87. The van der Waals surface area contributed by atoms with Gasteiger partial charge in [-0.15, -0.1) is 0 Å². The number of hydrogen-bond acceptors (Lipinski definition) is 2. The van der Waals surface area contributed by atoms with Gasteiger partial charge in [0.05, 0.1) is 17.6 Å². The van der Waals surface area contributed by atoms with Crippen molar-refractivity contribution >= 4 is 11.0 Å². The number of aryl methyl sites for hydroxylation is 2. The van der Waals surface area contributed by atoms with Gasteiger partial charge in [0.1, 0.15) is 18.2 Å². The van der Waals surface area contributed by atoms with Crippen molar-refractivity contribution in [1.82, 2.24) is 9.55 Å². The van der Waals surface area contributed by atoms with Crippen molar-refractivity contribution in [3.63, 3.8) is 0 Å². The summed E-state index contributed by atoms with van der Waals surface area (Å²) in [5.74, 6) is 2.00. The van der Waals surface area contributed by atoms with Gasteiger partial charge in [0.25, 0.3) is 0 Å². The molecule has 0 spiro atoms. The molecule has 0 radical (unpaired) electrons. The summed E-state index contributed by atoms with van der Waals surface area (Å²) in [6, 6.07) is 25.0. The van der Waals surface area contributed by atoms with Gasteiger partial charge < -0.3 is 9.30 Å².